The Labute approximate surface area is 114 Å². The third-order valence-electron chi connectivity index (χ3n) is 3.18. The van der Waals surface area contributed by atoms with Crippen molar-refractivity contribution in [2.24, 2.45) is 0 Å². The lowest BCUT2D eigenvalue weighted by Crippen LogP contribution is -2.40. The van der Waals surface area contributed by atoms with Gasteiger partial charge in [-0.1, -0.05) is 6.92 Å². The molecule has 1 unspecified atom stereocenters. The Morgan fingerprint density at radius 2 is 2.37 bits per heavy atom. The van der Waals surface area contributed by atoms with Crippen LogP contribution in [0.25, 0.3) is 0 Å². The summed E-state index contributed by atoms with van der Waals surface area (Å²) in [5.74, 6) is 0.654. The summed E-state index contributed by atoms with van der Waals surface area (Å²) in [5, 5.41) is 8.97. The smallest absolute Gasteiger partial charge is 0.226 e. The zero-order chi connectivity index (χ0) is 13.7. The monoisotopic (exact) mass is 260 g/mol. The van der Waals surface area contributed by atoms with Crippen LogP contribution in [0.1, 0.15) is 37.6 Å². The van der Waals surface area contributed by atoms with Gasteiger partial charge in [0.05, 0.1) is 6.10 Å². The average Bonchev–Trinajstić information content (AvgIpc) is 2.44. The maximum atomic E-state index is 8.97. The van der Waals surface area contributed by atoms with Crippen LogP contribution in [-0.4, -0.2) is 35.8 Å². The van der Waals surface area contributed by atoms with E-state index < -0.39 is 0 Å². The van der Waals surface area contributed by atoms with Crippen LogP contribution >= 0.6 is 0 Å². The highest BCUT2D eigenvalue weighted by atomic mass is 16.5. The number of piperidine rings is 1. The molecule has 0 radical (unpaired) electrons. The van der Waals surface area contributed by atoms with Crippen LogP contribution in [0.15, 0.2) is 6.07 Å². The van der Waals surface area contributed by atoms with Crippen molar-refractivity contribution in [3.8, 4) is 6.07 Å². The maximum absolute atomic E-state index is 8.97. The van der Waals surface area contributed by atoms with Gasteiger partial charge >= 0.3 is 0 Å². The lowest BCUT2D eigenvalue weighted by Gasteiger charge is -2.32. The third-order valence-corrected chi connectivity index (χ3v) is 3.18. The van der Waals surface area contributed by atoms with Gasteiger partial charge in [0.15, 0.2) is 0 Å². The molecule has 0 bridgehead atoms. The quantitative estimate of drug-likeness (QED) is 0.829. The Kier molecular flexibility index (Phi) is 4.69. The van der Waals surface area contributed by atoms with E-state index in [2.05, 4.69) is 27.9 Å². The molecule has 0 aromatic carbocycles. The predicted octanol–water partition coefficient (Wildman–Crippen LogP) is 2.05. The van der Waals surface area contributed by atoms with E-state index in [9.17, 15) is 0 Å². The van der Waals surface area contributed by atoms with Crippen LogP contribution in [0, 0.1) is 18.3 Å². The molecule has 0 N–H and O–H groups in total. The zero-order valence-corrected chi connectivity index (χ0v) is 11.6. The number of hydrogen-bond acceptors (Lipinski definition) is 5. The predicted molar refractivity (Wildman–Crippen MR) is 73.0 cm³/mol. The summed E-state index contributed by atoms with van der Waals surface area (Å²) in [5.41, 5.74) is 1.26. The first-order valence-electron chi connectivity index (χ1n) is 6.85. The standard InChI is InChI=1S/C14H20N4O/c1-3-7-19-13-5-4-6-18(10-13)14-16-11(2)8-12(9-15)17-14/h8,13H,3-7,10H2,1-2H3. The van der Waals surface area contributed by atoms with E-state index in [-0.39, 0.29) is 6.10 Å². The molecule has 0 amide bonds. The van der Waals surface area contributed by atoms with Crippen molar-refractivity contribution in [3.63, 3.8) is 0 Å². The number of aromatic nitrogens is 2. The van der Waals surface area contributed by atoms with Gasteiger partial charge in [0, 0.05) is 25.4 Å². The van der Waals surface area contributed by atoms with Crippen LogP contribution in [0.4, 0.5) is 5.95 Å². The largest absolute Gasteiger partial charge is 0.376 e. The van der Waals surface area contributed by atoms with Crippen molar-refractivity contribution in [2.45, 2.75) is 39.2 Å². The number of hydrogen-bond donors (Lipinski definition) is 0. The first-order chi connectivity index (χ1) is 9.22. The summed E-state index contributed by atoms with van der Waals surface area (Å²) in [6.45, 7) is 6.55. The minimum Gasteiger partial charge on any atom is -0.376 e. The molecule has 0 saturated carbocycles. The molecule has 1 aromatic heterocycles. The van der Waals surface area contributed by atoms with Gasteiger partial charge in [0.2, 0.25) is 5.95 Å². The normalized spacial score (nSPS) is 19.2. The Bertz CT molecular complexity index is 469. The second-order valence-corrected chi connectivity index (χ2v) is 4.89. The van der Waals surface area contributed by atoms with Crippen molar-refractivity contribution in [1.29, 1.82) is 5.26 Å². The zero-order valence-electron chi connectivity index (χ0n) is 11.6. The van der Waals surface area contributed by atoms with Crippen molar-refractivity contribution in [1.82, 2.24) is 9.97 Å². The second-order valence-electron chi connectivity index (χ2n) is 4.89. The minimum absolute atomic E-state index is 0.253. The van der Waals surface area contributed by atoms with Gasteiger partial charge in [-0.2, -0.15) is 5.26 Å². The van der Waals surface area contributed by atoms with Crippen LogP contribution in [-0.2, 0) is 4.74 Å². The molecule has 1 saturated heterocycles. The van der Waals surface area contributed by atoms with Gasteiger partial charge in [-0.3, -0.25) is 0 Å². The van der Waals surface area contributed by atoms with E-state index in [1.807, 2.05) is 6.92 Å². The fourth-order valence-corrected chi connectivity index (χ4v) is 2.29. The highest BCUT2D eigenvalue weighted by Crippen LogP contribution is 2.19. The van der Waals surface area contributed by atoms with Gasteiger partial charge in [-0.05, 0) is 32.3 Å². The Morgan fingerprint density at radius 3 is 3.11 bits per heavy atom. The van der Waals surface area contributed by atoms with E-state index in [1.165, 1.54) is 0 Å². The first-order valence-corrected chi connectivity index (χ1v) is 6.85. The fourth-order valence-electron chi connectivity index (χ4n) is 2.29. The maximum Gasteiger partial charge on any atom is 0.226 e. The molecule has 1 aliphatic rings. The summed E-state index contributed by atoms with van der Waals surface area (Å²) in [6.07, 6.45) is 3.46. The molecule has 1 aromatic rings. The van der Waals surface area contributed by atoms with E-state index in [1.54, 1.807) is 6.07 Å². The van der Waals surface area contributed by atoms with Crippen molar-refractivity contribution in [2.75, 3.05) is 24.6 Å². The summed E-state index contributed by atoms with van der Waals surface area (Å²) < 4.78 is 5.81. The minimum atomic E-state index is 0.253. The van der Waals surface area contributed by atoms with Gasteiger partial charge in [-0.15, -0.1) is 0 Å². The van der Waals surface area contributed by atoms with Crippen LogP contribution in [0.3, 0.4) is 0 Å². The number of rotatable bonds is 4. The summed E-state index contributed by atoms with van der Waals surface area (Å²) in [7, 11) is 0. The highest BCUT2D eigenvalue weighted by Gasteiger charge is 2.22. The van der Waals surface area contributed by atoms with Crippen LogP contribution in [0.2, 0.25) is 0 Å². The van der Waals surface area contributed by atoms with Crippen molar-refractivity contribution in [3.05, 3.63) is 17.5 Å². The Morgan fingerprint density at radius 1 is 1.53 bits per heavy atom. The molecule has 102 valence electrons. The SMILES string of the molecule is CCCOC1CCCN(c2nc(C)cc(C#N)n2)C1. The van der Waals surface area contributed by atoms with E-state index in [0.29, 0.717) is 11.6 Å². The second kappa shape index (κ2) is 6.48. The molecule has 2 heterocycles. The topological polar surface area (TPSA) is 62.0 Å². The molecule has 5 heteroatoms. The third kappa shape index (κ3) is 3.65. The van der Waals surface area contributed by atoms with Gasteiger partial charge in [0.25, 0.3) is 0 Å². The average molecular weight is 260 g/mol. The van der Waals surface area contributed by atoms with E-state index in [0.717, 1.165) is 44.7 Å². The number of anilines is 1. The summed E-state index contributed by atoms with van der Waals surface area (Å²) >= 11 is 0. The molecule has 2 rings (SSSR count). The first kappa shape index (κ1) is 13.8. The lowest BCUT2D eigenvalue weighted by molar-refractivity contribution is 0.0437. The molecule has 19 heavy (non-hydrogen) atoms. The van der Waals surface area contributed by atoms with E-state index in [4.69, 9.17) is 10.00 Å². The molecular weight excluding hydrogens is 240 g/mol. The highest BCUT2D eigenvalue weighted by molar-refractivity contribution is 5.36. The van der Waals surface area contributed by atoms with Crippen LogP contribution < -0.4 is 4.90 Å². The number of aryl methyl sites for hydroxylation is 1. The Balaban J connectivity index is 2.08. The van der Waals surface area contributed by atoms with E-state index >= 15 is 0 Å². The Hall–Kier alpha value is -1.67. The summed E-state index contributed by atoms with van der Waals surface area (Å²) in [4.78, 5) is 10.8. The molecule has 0 aliphatic carbocycles. The van der Waals surface area contributed by atoms with Crippen molar-refractivity contribution >= 4 is 5.95 Å². The summed E-state index contributed by atoms with van der Waals surface area (Å²) in [6, 6.07) is 3.79. The molecule has 5 nitrogen and oxygen atoms in total. The van der Waals surface area contributed by atoms with Crippen molar-refractivity contribution < 1.29 is 4.74 Å². The molecular formula is C14H20N4O. The molecule has 0 spiro atoms. The number of ether oxygens (including phenoxy) is 1. The molecule has 1 fully saturated rings. The molecule has 1 aliphatic heterocycles. The molecule has 1 atom stereocenters. The number of nitrogens with zero attached hydrogens (tertiary/aromatic N) is 4. The number of nitriles is 1. The van der Waals surface area contributed by atoms with Crippen LogP contribution in [0.5, 0.6) is 0 Å². The lowest BCUT2D eigenvalue weighted by atomic mass is 10.1. The fraction of sp³-hybridized carbons (Fsp3) is 0.643. The van der Waals surface area contributed by atoms with Gasteiger partial charge < -0.3 is 9.64 Å². The van der Waals surface area contributed by atoms with Gasteiger partial charge in [-0.25, -0.2) is 9.97 Å². The van der Waals surface area contributed by atoms with Gasteiger partial charge in [0.1, 0.15) is 11.8 Å².